The van der Waals surface area contributed by atoms with Gasteiger partial charge in [0.25, 0.3) is 0 Å². The molecule has 3 rings (SSSR count). The summed E-state index contributed by atoms with van der Waals surface area (Å²) in [4.78, 5) is 4.55. The molecule has 0 atom stereocenters. The molecular formula is C18H18BrN3O3S. The minimum atomic E-state index is -3.64. The highest BCUT2D eigenvalue weighted by Gasteiger charge is 2.25. The highest BCUT2D eigenvalue weighted by atomic mass is 79.9. The number of nitrogens with zero attached hydrogens (tertiary/aromatic N) is 3. The highest BCUT2D eigenvalue weighted by Crippen LogP contribution is 2.21. The van der Waals surface area contributed by atoms with Gasteiger partial charge in [-0.1, -0.05) is 57.8 Å². The van der Waals surface area contributed by atoms with Crippen molar-refractivity contribution in [2.75, 3.05) is 6.54 Å². The van der Waals surface area contributed by atoms with E-state index in [9.17, 15) is 8.42 Å². The highest BCUT2D eigenvalue weighted by molar-refractivity contribution is 9.10. The van der Waals surface area contributed by atoms with E-state index in [1.807, 2.05) is 31.2 Å². The predicted molar refractivity (Wildman–Crippen MR) is 102 cm³/mol. The average Bonchev–Trinajstić information content (AvgIpc) is 3.09. The van der Waals surface area contributed by atoms with E-state index in [2.05, 4.69) is 26.1 Å². The fourth-order valence-electron chi connectivity index (χ4n) is 2.41. The minimum absolute atomic E-state index is 0.0216. The number of aryl methyl sites for hydroxylation is 1. The van der Waals surface area contributed by atoms with Crippen LogP contribution in [0.4, 0.5) is 0 Å². The second kappa shape index (κ2) is 7.69. The van der Waals surface area contributed by atoms with E-state index in [1.54, 1.807) is 31.2 Å². The molecule has 1 aromatic heterocycles. The zero-order valence-electron chi connectivity index (χ0n) is 14.4. The lowest BCUT2D eigenvalue weighted by Crippen LogP contribution is -2.30. The van der Waals surface area contributed by atoms with E-state index >= 15 is 0 Å². The van der Waals surface area contributed by atoms with Gasteiger partial charge in [0, 0.05) is 16.6 Å². The summed E-state index contributed by atoms with van der Waals surface area (Å²) in [5.74, 6) is 0.695. The maximum absolute atomic E-state index is 12.8. The van der Waals surface area contributed by atoms with Crippen molar-refractivity contribution in [3.8, 4) is 11.4 Å². The van der Waals surface area contributed by atoms with Gasteiger partial charge in [0.2, 0.25) is 21.7 Å². The second-order valence-electron chi connectivity index (χ2n) is 5.76. The summed E-state index contributed by atoms with van der Waals surface area (Å²) in [6.07, 6.45) is 0. The van der Waals surface area contributed by atoms with Gasteiger partial charge in [0.1, 0.15) is 0 Å². The standard InChI is InChI=1S/C18H18BrN3O3S/c1-3-22(26(23,24)16-10-8-15(19)9-11-16)12-17-20-18(21-25-17)14-6-4-13(2)5-7-14/h4-11H,3,12H2,1-2H3. The number of benzene rings is 2. The van der Waals surface area contributed by atoms with Gasteiger partial charge in [0.15, 0.2) is 0 Å². The van der Waals surface area contributed by atoms with E-state index in [0.29, 0.717) is 12.4 Å². The lowest BCUT2D eigenvalue weighted by molar-refractivity contribution is 0.321. The Labute approximate surface area is 161 Å². The zero-order chi connectivity index (χ0) is 18.7. The van der Waals surface area contributed by atoms with Crippen LogP contribution in [0.3, 0.4) is 0 Å². The predicted octanol–water partition coefficient (Wildman–Crippen LogP) is 4.02. The molecule has 0 saturated carbocycles. The third kappa shape index (κ3) is 4.03. The van der Waals surface area contributed by atoms with Gasteiger partial charge in [-0.2, -0.15) is 9.29 Å². The third-order valence-electron chi connectivity index (χ3n) is 3.89. The van der Waals surface area contributed by atoms with Gasteiger partial charge in [-0.3, -0.25) is 0 Å². The molecule has 0 N–H and O–H groups in total. The van der Waals surface area contributed by atoms with Gasteiger partial charge < -0.3 is 4.52 Å². The van der Waals surface area contributed by atoms with E-state index < -0.39 is 10.0 Å². The Hall–Kier alpha value is -2.03. The second-order valence-corrected chi connectivity index (χ2v) is 8.62. The monoisotopic (exact) mass is 435 g/mol. The van der Waals surface area contributed by atoms with Crippen LogP contribution in [0.5, 0.6) is 0 Å². The van der Waals surface area contributed by atoms with Gasteiger partial charge in [-0.25, -0.2) is 8.42 Å². The summed E-state index contributed by atoms with van der Waals surface area (Å²) in [6, 6.07) is 14.2. The molecule has 1 heterocycles. The summed E-state index contributed by atoms with van der Waals surface area (Å²) in [6.45, 7) is 4.08. The summed E-state index contributed by atoms with van der Waals surface area (Å²) in [5.41, 5.74) is 1.96. The molecule has 6 nitrogen and oxygen atoms in total. The molecule has 0 aliphatic carbocycles. The smallest absolute Gasteiger partial charge is 0.243 e. The Morgan fingerprint density at radius 1 is 1.08 bits per heavy atom. The Balaban J connectivity index is 1.82. The molecule has 0 saturated heterocycles. The van der Waals surface area contributed by atoms with E-state index in [0.717, 1.165) is 15.6 Å². The van der Waals surface area contributed by atoms with Gasteiger partial charge in [-0.15, -0.1) is 0 Å². The van der Waals surface area contributed by atoms with E-state index in [1.165, 1.54) is 4.31 Å². The van der Waals surface area contributed by atoms with Crippen LogP contribution < -0.4 is 0 Å². The maximum Gasteiger partial charge on any atom is 0.243 e. The molecular weight excluding hydrogens is 418 g/mol. The molecule has 0 fully saturated rings. The van der Waals surface area contributed by atoms with E-state index in [-0.39, 0.29) is 17.3 Å². The number of aromatic nitrogens is 2. The lowest BCUT2D eigenvalue weighted by atomic mass is 10.1. The Morgan fingerprint density at radius 3 is 2.35 bits per heavy atom. The lowest BCUT2D eigenvalue weighted by Gasteiger charge is -2.18. The molecule has 26 heavy (non-hydrogen) atoms. The van der Waals surface area contributed by atoms with Crippen molar-refractivity contribution in [2.24, 2.45) is 0 Å². The Morgan fingerprint density at radius 2 is 1.73 bits per heavy atom. The summed E-state index contributed by atoms with van der Waals surface area (Å²) in [5, 5.41) is 3.96. The van der Waals surface area contributed by atoms with Crippen LogP contribution >= 0.6 is 15.9 Å². The SMILES string of the molecule is CCN(Cc1nc(-c2ccc(C)cc2)no1)S(=O)(=O)c1ccc(Br)cc1. The molecule has 8 heteroatoms. The third-order valence-corrected chi connectivity index (χ3v) is 6.36. The van der Waals surface area contributed by atoms with Gasteiger partial charge in [0.05, 0.1) is 11.4 Å². The van der Waals surface area contributed by atoms with Crippen molar-refractivity contribution in [3.63, 3.8) is 0 Å². The summed E-state index contributed by atoms with van der Waals surface area (Å²) >= 11 is 3.31. The summed E-state index contributed by atoms with van der Waals surface area (Å²) in [7, 11) is -3.64. The van der Waals surface area contributed by atoms with Crippen LogP contribution in [0.1, 0.15) is 18.4 Å². The normalized spacial score (nSPS) is 11.8. The fraction of sp³-hybridized carbons (Fsp3) is 0.222. The molecule has 0 aliphatic rings. The van der Waals surface area contributed by atoms with E-state index in [4.69, 9.17) is 4.52 Å². The van der Waals surface area contributed by atoms with Crippen molar-refractivity contribution in [3.05, 3.63) is 64.5 Å². The number of sulfonamides is 1. The average molecular weight is 436 g/mol. The topological polar surface area (TPSA) is 76.3 Å². The molecule has 0 aliphatic heterocycles. The van der Waals surface area contributed by atoms with Crippen LogP contribution in [0, 0.1) is 6.92 Å². The quantitative estimate of drug-likeness (QED) is 0.584. The Kier molecular flexibility index (Phi) is 5.55. The van der Waals surface area contributed by atoms with Crippen LogP contribution in [0.25, 0.3) is 11.4 Å². The van der Waals surface area contributed by atoms with Gasteiger partial charge in [-0.05, 0) is 31.2 Å². The first-order chi connectivity index (χ1) is 12.4. The first-order valence-corrected chi connectivity index (χ1v) is 10.3. The number of halogens is 1. The Bertz CT molecular complexity index is 983. The molecule has 0 unspecified atom stereocenters. The van der Waals surface area contributed by atoms with Crippen LogP contribution in [-0.2, 0) is 16.6 Å². The van der Waals surface area contributed by atoms with Gasteiger partial charge >= 0.3 is 0 Å². The molecule has 0 radical (unpaired) electrons. The fourth-order valence-corrected chi connectivity index (χ4v) is 4.08. The molecule has 2 aromatic carbocycles. The van der Waals surface area contributed by atoms with Crippen molar-refractivity contribution in [2.45, 2.75) is 25.3 Å². The molecule has 0 spiro atoms. The van der Waals surface area contributed by atoms with Crippen molar-refractivity contribution >= 4 is 26.0 Å². The first kappa shape index (κ1) is 18.8. The maximum atomic E-state index is 12.8. The van der Waals surface area contributed by atoms with Crippen molar-refractivity contribution < 1.29 is 12.9 Å². The molecule has 136 valence electrons. The van der Waals surface area contributed by atoms with Crippen LogP contribution in [-0.4, -0.2) is 29.4 Å². The number of hydrogen-bond donors (Lipinski definition) is 0. The largest absolute Gasteiger partial charge is 0.338 e. The minimum Gasteiger partial charge on any atom is -0.338 e. The molecule has 3 aromatic rings. The first-order valence-electron chi connectivity index (χ1n) is 8.05. The summed E-state index contributed by atoms with van der Waals surface area (Å²) < 4.78 is 33.0. The van der Waals surface area contributed by atoms with Crippen LogP contribution in [0.15, 0.2) is 62.4 Å². The zero-order valence-corrected chi connectivity index (χ0v) is 16.8. The molecule has 0 bridgehead atoms. The number of hydrogen-bond acceptors (Lipinski definition) is 5. The van der Waals surface area contributed by atoms with Crippen molar-refractivity contribution in [1.82, 2.24) is 14.4 Å². The van der Waals surface area contributed by atoms with Crippen molar-refractivity contribution in [1.29, 1.82) is 0 Å². The van der Waals surface area contributed by atoms with Crippen LogP contribution in [0.2, 0.25) is 0 Å². The number of rotatable bonds is 6. The molecule has 0 amide bonds.